The predicted molar refractivity (Wildman–Crippen MR) is 43.0 cm³/mol. The van der Waals surface area contributed by atoms with Crippen molar-refractivity contribution in [3.63, 3.8) is 0 Å². The van der Waals surface area contributed by atoms with E-state index >= 15 is 0 Å². The molecule has 1 aliphatic rings. The van der Waals surface area contributed by atoms with Crippen molar-refractivity contribution in [1.82, 2.24) is 0 Å². The minimum absolute atomic E-state index is 0.854. The predicted octanol–water partition coefficient (Wildman–Crippen LogP) is 0.967. The fraction of sp³-hybridized carbons (Fsp3) is 0. The fourth-order valence-corrected chi connectivity index (χ4v) is 3.78. The van der Waals surface area contributed by atoms with Crippen LogP contribution in [0, 0.1) is 0 Å². The molecule has 0 spiro atoms. The van der Waals surface area contributed by atoms with Gasteiger partial charge in [0.2, 0.25) is 0 Å². The molecule has 0 radical (unpaired) electrons. The van der Waals surface area contributed by atoms with E-state index in [0.717, 1.165) is 0 Å². The maximum atomic E-state index is 10.1. The van der Waals surface area contributed by atoms with E-state index in [1.165, 1.54) is 10.8 Å². The van der Waals surface area contributed by atoms with E-state index in [1.807, 2.05) is 0 Å². The van der Waals surface area contributed by atoms with Crippen molar-refractivity contribution in [3.05, 3.63) is 11.5 Å². The Morgan fingerprint density at radius 3 is 2.70 bits per heavy atom. The van der Waals surface area contributed by atoms with Crippen LogP contribution in [-0.4, -0.2) is 18.3 Å². The quantitative estimate of drug-likeness (QED) is 0.409. The van der Waals surface area contributed by atoms with Gasteiger partial charge in [-0.3, -0.25) is 4.55 Å². The summed E-state index contributed by atoms with van der Waals surface area (Å²) in [5.74, 6) is 0. The third kappa shape index (κ3) is 2.84. The summed E-state index contributed by atoms with van der Waals surface area (Å²) in [7, 11) is -3.94. The van der Waals surface area contributed by atoms with Crippen molar-refractivity contribution in [3.8, 4) is 0 Å². The molecule has 0 aromatic heterocycles. The van der Waals surface area contributed by atoms with Crippen LogP contribution < -0.4 is 0 Å². The monoisotopic (exact) mass is 200 g/mol. The molecule has 0 aliphatic carbocycles. The summed E-state index contributed by atoms with van der Waals surface area (Å²) in [6.45, 7) is 0. The van der Waals surface area contributed by atoms with Gasteiger partial charge in [-0.05, 0) is 27.6 Å². The van der Waals surface area contributed by atoms with Crippen molar-refractivity contribution in [2.45, 2.75) is 0 Å². The summed E-state index contributed by atoms with van der Waals surface area (Å²) in [4.78, 5) is 0. The van der Waals surface area contributed by atoms with E-state index in [9.17, 15) is 8.42 Å². The van der Waals surface area contributed by atoms with Crippen molar-refractivity contribution in [2.24, 2.45) is 0 Å². The summed E-state index contributed by atoms with van der Waals surface area (Å²) < 4.78 is 32.5. The first-order valence-electron chi connectivity index (χ1n) is 2.15. The highest BCUT2D eigenvalue weighted by Crippen LogP contribution is 2.37. The first-order valence-corrected chi connectivity index (χ1v) is 6.13. The lowest BCUT2D eigenvalue weighted by atomic mass is 10.8. The van der Waals surface area contributed by atoms with Gasteiger partial charge in [0, 0.05) is 9.80 Å². The molecule has 7 heteroatoms. The van der Waals surface area contributed by atoms with Crippen LogP contribution in [0.5, 0.6) is 0 Å². The molecule has 1 rings (SSSR count). The summed E-state index contributed by atoms with van der Waals surface area (Å²) in [6.07, 6.45) is 1.67. The molecule has 0 aromatic rings. The molecule has 4 nitrogen and oxygen atoms in total. The van der Waals surface area contributed by atoms with Crippen LogP contribution in [0.25, 0.3) is 0 Å². The van der Waals surface area contributed by atoms with Crippen LogP contribution in [0.15, 0.2) is 11.5 Å². The molecule has 0 aromatic carbocycles. The van der Waals surface area contributed by atoms with Gasteiger partial charge >= 0.3 is 10.4 Å². The van der Waals surface area contributed by atoms with E-state index in [4.69, 9.17) is 4.55 Å². The van der Waals surface area contributed by atoms with Gasteiger partial charge in [-0.25, -0.2) is 0 Å². The van der Waals surface area contributed by atoms with Gasteiger partial charge in [0.15, 0.2) is 0 Å². The highest BCUT2D eigenvalue weighted by Gasteiger charge is 2.09. The Morgan fingerprint density at radius 2 is 2.30 bits per heavy atom. The van der Waals surface area contributed by atoms with Crippen LogP contribution in [0.3, 0.4) is 0 Å². The Morgan fingerprint density at radius 1 is 1.60 bits per heavy atom. The number of hydrogen-bond acceptors (Lipinski definition) is 4. The first kappa shape index (κ1) is 8.28. The van der Waals surface area contributed by atoms with Crippen molar-refractivity contribution in [1.29, 1.82) is 0 Å². The maximum Gasteiger partial charge on any atom is 0.408 e. The third-order valence-corrected chi connectivity index (χ3v) is 4.37. The molecule has 58 valence electrons. The normalized spacial score (nSPS) is 24.7. The largest absolute Gasteiger partial charge is 0.408 e. The van der Waals surface area contributed by atoms with E-state index in [-0.39, 0.29) is 0 Å². The second-order valence-corrected chi connectivity index (χ2v) is 5.54. The molecule has 1 atom stereocenters. The van der Waals surface area contributed by atoms with E-state index < -0.39 is 20.2 Å². The molecular weight excluding hydrogens is 196 g/mol. The molecule has 1 unspecified atom stereocenters. The second kappa shape index (κ2) is 3.05. The SMILES string of the molecule is O=S(=O)(O)OS1=CC=CS1. The van der Waals surface area contributed by atoms with E-state index in [2.05, 4.69) is 3.63 Å². The lowest BCUT2D eigenvalue weighted by Gasteiger charge is -1.96. The zero-order valence-corrected chi connectivity index (χ0v) is 7.08. The first-order chi connectivity index (χ1) is 4.58. The van der Waals surface area contributed by atoms with Gasteiger partial charge in [0.25, 0.3) is 0 Å². The smallest absolute Gasteiger partial charge is 0.263 e. The van der Waals surface area contributed by atoms with Gasteiger partial charge in [-0.2, -0.15) is 12.0 Å². The molecule has 0 saturated carbocycles. The number of hydrogen-bond donors (Lipinski definition) is 1. The summed E-state index contributed by atoms with van der Waals surface area (Å²) >= 11 is 0. The third-order valence-electron chi connectivity index (χ3n) is 0.572. The molecule has 1 N–H and O–H groups in total. The van der Waals surface area contributed by atoms with Crippen LogP contribution >= 0.6 is 20.6 Å². The Hall–Kier alpha value is 0.180. The average molecular weight is 200 g/mol. The van der Waals surface area contributed by atoms with E-state index in [1.54, 1.807) is 16.9 Å². The van der Waals surface area contributed by atoms with Gasteiger partial charge in [-0.1, -0.05) is 0 Å². The molecule has 1 aliphatic heterocycles. The fourth-order valence-electron chi connectivity index (χ4n) is 0.339. The average Bonchev–Trinajstić information content (AvgIpc) is 2.12. The van der Waals surface area contributed by atoms with Crippen molar-refractivity contribution in [2.75, 3.05) is 0 Å². The Kier molecular flexibility index (Phi) is 2.53. The van der Waals surface area contributed by atoms with Gasteiger partial charge in [0.1, 0.15) is 0 Å². The summed E-state index contributed by atoms with van der Waals surface area (Å²) in [5, 5.41) is 3.24. The molecular formula is C3H4O4S3. The highest BCUT2D eigenvalue weighted by molar-refractivity contribution is 8.83. The highest BCUT2D eigenvalue weighted by atomic mass is 33.1. The Labute approximate surface area is 64.8 Å². The van der Waals surface area contributed by atoms with Crippen LogP contribution in [0.4, 0.5) is 0 Å². The molecule has 0 bridgehead atoms. The van der Waals surface area contributed by atoms with Crippen LogP contribution in [-0.2, 0) is 14.0 Å². The number of rotatable bonds is 2. The molecule has 1 heterocycles. The van der Waals surface area contributed by atoms with Gasteiger partial charge in [-0.15, -0.1) is 0 Å². The van der Waals surface area contributed by atoms with Gasteiger partial charge < -0.3 is 0 Å². The molecule has 0 fully saturated rings. The number of allylic oxidation sites excluding steroid dienone is 1. The zero-order valence-electron chi connectivity index (χ0n) is 4.63. The van der Waals surface area contributed by atoms with Crippen molar-refractivity contribution < 1.29 is 16.6 Å². The van der Waals surface area contributed by atoms with Gasteiger partial charge in [0.05, 0.1) is 0 Å². The van der Waals surface area contributed by atoms with Crippen molar-refractivity contribution >= 4 is 36.4 Å². The minimum atomic E-state index is -4.29. The van der Waals surface area contributed by atoms with Crippen LogP contribution in [0.1, 0.15) is 0 Å². The summed E-state index contributed by atoms with van der Waals surface area (Å²) in [5.41, 5.74) is 0. The minimum Gasteiger partial charge on any atom is -0.263 e. The molecule has 0 saturated heterocycles. The van der Waals surface area contributed by atoms with E-state index in [0.29, 0.717) is 0 Å². The summed E-state index contributed by atoms with van der Waals surface area (Å²) in [6, 6.07) is 0. The Bertz CT molecular complexity index is 274. The maximum absolute atomic E-state index is 10.1. The topological polar surface area (TPSA) is 63.6 Å². The standard InChI is InChI=1S/C3H4O4S3/c4-10(5,6)7-9-3-1-2-8-9/h1-3H,(H,4,5,6). The second-order valence-electron chi connectivity index (χ2n) is 1.32. The lowest BCUT2D eigenvalue weighted by Crippen LogP contribution is -1.96. The van der Waals surface area contributed by atoms with Crippen LogP contribution in [0.2, 0.25) is 0 Å². The molecule has 10 heavy (non-hydrogen) atoms. The Balaban J connectivity index is 2.57. The zero-order chi connectivity index (χ0) is 7.61. The molecule has 0 amide bonds. The lowest BCUT2D eigenvalue weighted by molar-refractivity contribution is 0.409.